The third-order valence-electron chi connectivity index (χ3n) is 4.17. The molecule has 2 aromatic carbocycles. The van der Waals surface area contributed by atoms with Crippen LogP contribution < -0.4 is 4.72 Å². The molecule has 148 valence electrons. The molecule has 0 saturated carbocycles. The van der Waals surface area contributed by atoms with E-state index in [9.17, 15) is 21.6 Å². The van der Waals surface area contributed by atoms with Gasteiger partial charge in [0.2, 0.25) is 0 Å². The maximum atomic E-state index is 14.0. The number of aromatic nitrogens is 2. The standard InChI is InChI=1S/C18H15ClF3N3O2S/c1-10-18(24-28(26,27)17-7-6-12(20)8-16(17)22)11(2)25(23-10)9-13-14(19)4-3-5-15(13)21/h3-8,24H,9H2,1-2H3. The maximum absolute atomic E-state index is 14.0. The van der Waals surface area contributed by atoms with E-state index in [-0.39, 0.29) is 22.8 Å². The molecule has 0 bridgehead atoms. The molecular formula is C18H15ClF3N3O2S. The van der Waals surface area contributed by atoms with Gasteiger partial charge in [-0.05, 0) is 38.1 Å². The van der Waals surface area contributed by atoms with E-state index in [1.807, 2.05) is 0 Å². The van der Waals surface area contributed by atoms with Crippen LogP contribution in [-0.4, -0.2) is 18.2 Å². The second-order valence-corrected chi connectivity index (χ2v) is 8.14. The van der Waals surface area contributed by atoms with Crippen molar-refractivity contribution in [1.29, 1.82) is 0 Å². The second-order valence-electron chi connectivity index (χ2n) is 6.08. The van der Waals surface area contributed by atoms with Crippen molar-refractivity contribution in [1.82, 2.24) is 9.78 Å². The van der Waals surface area contributed by atoms with Crippen molar-refractivity contribution in [3.05, 3.63) is 75.8 Å². The molecule has 0 aliphatic rings. The van der Waals surface area contributed by atoms with Gasteiger partial charge in [-0.15, -0.1) is 0 Å². The molecule has 0 fully saturated rings. The summed E-state index contributed by atoms with van der Waals surface area (Å²) in [5.74, 6) is -2.62. The zero-order valence-electron chi connectivity index (χ0n) is 14.8. The third kappa shape index (κ3) is 3.85. The van der Waals surface area contributed by atoms with E-state index in [2.05, 4.69) is 9.82 Å². The number of halogens is 4. The first-order chi connectivity index (χ1) is 13.1. The summed E-state index contributed by atoms with van der Waals surface area (Å²) in [5, 5.41) is 4.42. The molecule has 1 heterocycles. The SMILES string of the molecule is Cc1nn(Cc2c(F)cccc2Cl)c(C)c1NS(=O)(=O)c1ccc(F)cc1F. The fraction of sp³-hybridized carbons (Fsp3) is 0.167. The van der Waals surface area contributed by atoms with E-state index >= 15 is 0 Å². The summed E-state index contributed by atoms with van der Waals surface area (Å²) >= 11 is 6.03. The zero-order chi connectivity index (χ0) is 20.6. The van der Waals surface area contributed by atoms with E-state index < -0.39 is 32.4 Å². The second kappa shape index (κ2) is 7.48. The van der Waals surface area contributed by atoms with Crippen molar-refractivity contribution in [2.24, 2.45) is 0 Å². The minimum absolute atomic E-state index is 0.0230. The number of rotatable bonds is 5. The molecule has 0 aliphatic heterocycles. The van der Waals surface area contributed by atoms with Gasteiger partial charge in [0.1, 0.15) is 22.3 Å². The zero-order valence-corrected chi connectivity index (χ0v) is 16.4. The van der Waals surface area contributed by atoms with Crippen LogP contribution in [0.15, 0.2) is 41.3 Å². The molecular weight excluding hydrogens is 415 g/mol. The molecule has 1 N–H and O–H groups in total. The van der Waals surface area contributed by atoms with Crippen LogP contribution in [0.25, 0.3) is 0 Å². The Balaban J connectivity index is 1.96. The van der Waals surface area contributed by atoms with Crippen molar-refractivity contribution in [2.75, 3.05) is 4.72 Å². The van der Waals surface area contributed by atoms with Crippen molar-refractivity contribution in [2.45, 2.75) is 25.3 Å². The van der Waals surface area contributed by atoms with Crippen molar-refractivity contribution < 1.29 is 21.6 Å². The third-order valence-corrected chi connectivity index (χ3v) is 5.91. The predicted molar refractivity (Wildman–Crippen MR) is 99.4 cm³/mol. The molecule has 0 unspecified atom stereocenters. The summed E-state index contributed by atoms with van der Waals surface area (Å²) in [6, 6.07) is 6.43. The smallest absolute Gasteiger partial charge is 0.264 e. The average Bonchev–Trinajstić information content (AvgIpc) is 2.85. The predicted octanol–water partition coefficient (Wildman–Crippen LogP) is 4.42. The summed E-state index contributed by atoms with van der Waals surface area (Å²) in [7, 11) is -4.33. The Kier molecular flexibility index (Phi) is 5.40. The number of benzene rings is 2. The normalized spacial score (nSPS) is 11.6. The van der Waals surface area contributed by atoms with Crippen LogP contribution >= 0.6 is 11.6 Å². The average molecular weight is 430 g/mol. The van der Waals surface area contributed by atoms with Crippen LogP contribution in [0.4, 0.5) is 18.9 Å². The molecule has 3 rings (SSSR count). The molecule has 3 aromatic rings. The van der Waals surface area contributed by atoms with Crippen molar-refractivity contribution in [3.63, 3.8) is 0 Å². The lowest BCUT2D eigenvalue weighted by Crippen LogP contribution is -2.16. The molecule has 28 heavy (non-hydrogen) atoms. The number of aryl methyl sites for hydroxylation is 1. The Morgan fingerprint density at radius 3 is 2.46 bits per heavy atom. The van der Waals surface area contributed by atoms with Gasteiger partial charge in [0, 0.05) is 16.7 Å². The summed E-state index contributed by atoms with van der Waals surface area (Å²) in [6.07, 6.45) is 0. The van der Waals surface area contributed by atoms with Crippen LogP contribution in [0.3, 0.4) is 0 Å². The fourth-order valence-electron chi connectivity index (χ4n) is 2.71. The highest BCUT2D eigenvalue weighted by molar-refractivity contribution is 7.92. The van der Waals surface area contributed by atoms with Crippen LogP contribution in [0, 0.1) is 31.3 Å². The van der Waals surface area contributed by atoms with Gasteiger partial charge < -0.3 is 0 Å². The van der Waals surface area contributed by atoms with Crippen LogP contribution in [-0.2, 0) is 16.6 Å². The quantitative estimate of drug-likeness (QED) is 0.653. The van der Waals surface area contributed by atoms with Gasteiger partial charge in [-0.1, -0.05) is 17.7 Å². The van der Waals surface area contributed by atoms with E-state index in [1.165, 1.54) is 22.9 Å². The summed E-state index contributed by atoms with van der Waals surface area (Å²) in [5.41, 5.74) is 1.00. The first-order valence-electron chi connectivity index (χ1n) is 8.05. The molecule has 1 aromatic heterocycles. The first-order valence-corrected chi connectivity index (χ1v) is 9.91. The molecule has 0 atom stereocenters. The minimum atomic E-state index is -4.33. The molecule has 0 aliphatic carbocycles. The molecule has 0 amide bonds. The molecule has 5 nitrogen and oxygen atoms in total. The number of hydrogen-bond acceptors (Lipinski definition) is 3. The van der Waals surface area contributed by atoms with Crippen LogP contribution in [0.1, 0.15) is 17.0 Å². The first kappa shape index (κ1) is 20.2. The highest BCUT2D eigenvalue weighted by atomic mass is 35.5. The number of sulfonamides is 1. The molecule has 0 saturated heterocycles. The number of hydrogen-bond donors (Lipinski definition) is 1. The summed E-state index contributed by atoms with van der Waals surface area (Å²) in [4.78, 5) is -0.697. The highest BCUT2D eigenvalue weighted by Crippen LogP contribution is 2.27. The van der Waals surface area contributed by atoms with Crippen LogP contribution in [0.2, 0.25) is 5.02 Å². The fourth-order valence-corrected chi connectivity index (χ4v) is 4.17. The van der Waals surface area contributed by atoms with Gasteiger partial charge in [-0.3, -0.25) is 9.40 Å². The van der Waals surface area contributed by atoms with Crippen molar-refractivity contribution >= 4 is 27.3 Å². The number of anilines is 1. The number of nitrogens with one attached hydrogen (secondary N) is 1. The van der Waals surface area contributed by atoms with Crippen molar-refractivity contribution in [3.8, 4) is 0 Å². The Bertz CT molecular complexity index is 1140. The van der Waals surface area contributed by atoms with Crippen LogP contribution in [0.5, 0.6) is 0 Å². The molecule has 0 radical (unpaired) electrons. The van der Waals surface area contributed by atoms with Gasteiger partial charge in [0.05, 0.1) is 23.6 Å². The minimum Gasteiger partial charge on any atom is -0.276 e. The van der Waals surface area contributed by atoms with E-state index in [4.69, 9.17) is 11.6 Å². The number of nitrogens with zero attached hydrogens (tertiary/aromatic N) is 2. The maximum Gasteiger partial charge on any atom is 0.264 e. The Morgan fingerprint density at radius 1 is 1.11 bits per heavy atom. The van der Waals surface area contributed by atoms with Gasteiger partial charge in [-0.25, -0.2) is 21.6 Å². The van der Waals surface area contributed by atoms with Gasteiger partial charge >= 0.3 is 0 Å². The summed E-state index contributed by atoms with van der Waals surface area (Å²) < 4.78 is 69.7. The molecule has 10 heteroatoms. The highest BCUT2D eigenvalue weighted by Gasteiger charge is 2.24. The lowest BCUT2D eigenvalue weighted by molar-refractivity contribution is 0.551. The lowest BCUT2D eigenvalue weighted by atomic mass is 10.2. The van der Waals surface area contributed by atoms with Gasteiger partial charge in [-0.2, -0.15) is 5.10 Å². The van der Waals surface area contributed by atoms with Gasteiger partial charge in [0.15, 0.2) is 0 Å². The Morgan fingerprint density at radius 2 is 1.82 bits per heavy atom. The molecule has 0 spiro atoms. The largest absolute Gasteiger partial charge is 0.276 e. The monoisotopic (exact) mass is 429 g/mol. The van der Waals surface area contributed by atoms with E-state index in [0.717, 1.165) is 12.1 Å². The van der Waals surface area contributed by atoms with Gasteiger partial charge in [0.25, 0.3) is 10.0 Å². The van der Waals surface area contributed by atoms with E-state index in [0.29, 0.717) is 17.5 Å². The topological polar surface area (TPSA) is 64.0 Å². The van der Waals surface area contributed by atoms with E-state index in [1.54, 1.807) is 13.8 Å². The Labute approximate surface area is 164 Å². The Hall–Kier alpha value is -2.52. The lowest BCUT2D eigenvalue weighted by Gasteiger charge is -2.11. The summed E-state index contributed by atoms with van der Waals surface area (Å²) in [6.45, 7) is 3.10.